The summed E-state index contributed by atoms with van der Waals surface area (Å²) >= 11 is 0. The molecule has 4 rings (SSSR count). The van der Waals surface area contributed by atoms with E-state index in [0.717, 1.165) is 34.8 Å². The second kappa shape index (κ2) is 8.41. The fourth-order valence-corrected chi connectivity index (χ4v) is 3.55. The number of nitrogens with zero attached hydrogens (tertiary/aromatic N) is 3. The summed E-state index contributed by atoms with van der Waals surface area (Å²) in [5, 5.41) is 12.4. The number of aromatic carboxylic acids is 1. The zero-order valence-electron chi connectivity index (χ0n) is 17.0. The van der Waals surface area contributed by atoms with E-state index in [2.05, 4.69) is 27.4 Å². The fourth-order valence-electron chi connectivity index (χ4n) is 3.55. The van der Waals surface area contributed by atoms with Gasteiger partial charge in [-0.25, -0.2) is 14.8 Å². The van der Waals surface area contributed by atoms with Crippen molar-refractivity contribution in [2.24, 2.45) is 0 Å². The van der Waals surface area contributed by atoms with Crippen molar-refractivity contribution in [1.82, 2.24) is 9.97 Å². The lowest BCUT2D eigenvalue weighted by Crippen LogP contribution is -2.21. The lowest BCUT2D eigenvalue weighted by Gasteiger charge is -2.28. The molecule has 1 atom stereocenters. The number of hydrogen-bond donors (Lipinski definition) is 2. The van der Waals surface area contributed by atoms with Crippen LogP contribution >= 0.6 is 0 Å². The minimum absolute atomic E-state index is 0.220. The molecule has 1 aliphatic rings. The lowest BCUT2D eigenvalue weighted by molar-refractivity contribution is 0.0697. The molecule has 0 fully saturated rings. The van der Waals surface area contributed by atoms with E-state index in [1.165, 1.54) is 12.3 Å². The topological polar surface area (TPSA) is 87.6 Å². The molecule has 0 unspecified atom stereocenters. The maximum Gasteiger partial charge on any atom is 0.335 e. The average Bonchev–Trinajstić information content (AvgIpc) is 2.77. The molecule has 7 nitrogen and oxygen atoms in total. The molecular weight excluding hydrogens is 380 g/mol. The summed E-state index contributed by atoms with van der Waals surface area (Å²) < 4.78 is 5.93. The van der Waals surface area contributed by atoms with Crippen LogP contribution in [0.15, 0.2) is 54.9 Å². The van der Waals surface area contributed by atoms with Crippen molar-refractivity contribution in [1.29, 1.82) is 0 Å². The van der Waals surface area contributed by atoms with Crippen LogP contribution in [0.5, 0.6) is 5.75 Å². The van der Waals surface area contributed by atoms with Crippen molar-refractivity contribution in [2.75, 3.05) is 30.4 Å². The van der Waals surface area contributed by atoms with Crippen LogP contribution in [0.25, 0.3) is 0 Å². The Hall–Kier alpha value is -3.61. The van der Waals surface area contributed by atoms with Gasteiger partial charge in [0, 0.05) is 43.7 Å². The molecule has 0 amide bonds. The van der Waals surface area contributed by atoms with Gasteiger partial charge >= 0.3 is 5.97 Å². The van der Waals surface area contributed by atoms with Gasteiger partial charge in [0.05, 0.1) is 12.2 Å². The van der Waals surface area contributed by atoms with Gasteiger partial charge in [-0.15, -0.1) is 0 Å². The molecule has 0 saturated heterocycles. The molecule has 0 radical (unpaired) electrons. The van der Waals surface area contributed by atoms with E-state index in [0.29, 0.717) is 19.0 Å². The fraction of sp³-hybridized carbons (Fsp3) is 0.261. The number of benzene rings is 1. The molecule has 0 spiro atoms. The van der Waals surface area contributed by atoms with Gasteiger partial charge in [-0.05, 0) is 48.7 Å². The quantitative estimate of drug-likeness (QED) is 0.636. The van der Waals surface area contributed by atoms with Crippen molar-refractivity contribution in [3.05, 3.63) is 71.5 Å². The van der Waals surface area contributed by atoms with Crippen molar-refractivity contribution in [2.45, 2.75) is 19.3 Å². The minimum Gasteiger partial charge on any atom is -0.493 e. The van der Waals surface area contributed by atoms with Crippen LogP contribution in [-0.4, -0.2) is 41.2 Å². The van der Waals surface area contributed by atoms with Crippen LogP contribution in [0.4, 0.5) is 17.3 Å². The number of rotatable bonds is 6. The van der Waals surface area contributed by atoms with E-state index in [1.54, 1.807) is 6.07 Å². The first kappa shape index (κ1) is 19.7. The molecule has 3 aromatic rings. The van der Waals surface area contributed by atoms with Gasteiger partial charge in [-0.2, -0.15) is 0 Å². The smallest absolute Gasteiger partial charge is 0.335 e. The number of carboxylic acids is 1. The number of fused-ring (bicyclic) bond motifs is 1. The van der Waals surface area contributed by atoms with E-state index < -0.39 is 5.97 Å². The summed E-state index contributed by atoms with van der Waals surface area (Å²) in [6, 6.07) is 13.3. The number of aromatic nitrogens is 2. The molecule has 154 valence electrons. The first-order valence-electron chi connectivity index (χ1n) is 9.87. The number of carboxylic acid groups (broad SMARTS) is 1. The predicted octanol–water partition coefficient (Wildman–Crippen LogP) is 4.23. The maximum absolute atomic E-state index is 11.1. The highest BCUT2D eigenvalue weighted by Gasteiger charge is 2.22. The van der Waals surface area contributed by atoms with Gasteiger partial charge in [-0.1, -0.05) is 12.1 Å². The van der Waals surface area contributed by atoms with Crippen LogP contribution in [-0.2, 0) is 0 Å². The Balaban J connectivity index is 1.50. The first-order valence-corrected chi connectivity index (χ1v) is 9.87. The summed E-state index contributed by atoms with van der Waals surface area (Å²) in [6.07, 6.45) is 4.24. The Bertz CT molecular complexity index is 1050. The van der Waals surface area contributed by atoms with Crippen molar-refractivity contribution in [3.63, 3.8) is 0 Å². The molecule has 30 heavy (non-hydrogen) atoms. The van der Waals surface area contributed by atoms with Gasteiger partial charge in [0.2, 0.25) is 0 Å². The maximum atomic E-state index is 11.1. The molecule has 7 heteroatoms. The number of anilines is 3. The highest BCUT2D eigenvalue weighted by Crippen LogP contribution is 2.37. The molecular formula is C23H24N4O3. The van der Waals surface area contributed by atoms with E-state index in [9.17, 15) is 4.79 Å². The Morgan fingerprint density at radius 1 is 1.23 bits per heavy atom. The number of hydrogen-bond acceptors (Lipinski definition) is 6. The van der Waals surface area contributed by atoms with Crippen molar-refractivity contribution in [3.8, 4) is 5.75 Å². The van der Waals surface area contributed by atoms with E-state index in [4.69, 9.17) is 9.84 Å². The third-order valence-corrected chi connectivity index (χ3v) is 5.32. The standard InChI is InChI=1S/C23H24N4O3/c1-15-3-6-22(26-13-15)27(2)18-4-5-19-17(8-10-30-20(19)12-18)14-25-21-11-16(23(28)29)7-9-24-21/h3-7,9,11-13,17H,8,10,14H2,1-2H3,(H,24,25)(H,28,29)/t17-/m0/s1. The zero-order chi connectivity index (χ0) is 21.1. The molecule has 2 N–H and O–H groups in total. The highest BCUT2D eigenvalue weighted by molar-refractivity contribution is 5.88. The molecule has 0 aliphatic carbocycles. The summed E-state index contributed by atoms with van der Waals surface area (Å²) in [7, 11) is 1.99. The Kier molecular flexibility index (Phi) is 5.52. The van der Waals surface area contributed by atoms with E-state index >= 15 is 0 Å². The molecule has 0 saturated carbocycles. The Morgan fingerprint density at radius 2 is 2.10 bits per heavy atom. The Labute approximate surface area is 175 Å². The van der Waals surface area contributed by atoms with E-state index in [-0.39, 0.29) is 11.5 Å². The molecule has 2 aromatic heterocycles. The number of pyridine rings is 2. The third-order valence-electron chi connectivity index (χ3n) is 5.32. The number of aryl methyl sites for hydroxylation is 1. The molecule has 0 bridgehead atoms. The zero-order valence-corrected chi connectivity index (χ0v) is 17.0. The van der Waals surface area contributed by atoms with Crippen LogP contribution in [0.1, 0.15) is 33.8 Å². The lowest BCUT2D eigenvalue weighted by atomic mass is 9.92. The highest BCUT2D eigenvalue weighted by atomic mass is 16.5. The van der Waals surface area contributed by atoms with Gasteiger partial charge in [-0.3, -0.25) is 0 Å². The van der Waals surface area contributed by atoms with Gasteiger partial charge < -0.3 is 20.1 Å². The number of nitrogens with one attached hydrogen (secondary N) is 1. The number of ether oxygens (including phenoxy) is 1. The second-order valence-corrected chi connectivity index (χ2v) is 7.42. The summed E-state index contributed by atoms with van der Waals surface area (Å²) in [6.45, 7) is 3.31. The predicted molar refractivity (Wildman–Crippen MR) is 116 cm³/mol. The van der Waals surface area contributed by atoms with E-state index in [1.807, 2.05) is 43.3 Å². The van der Waals surface area contributed by atoms with Gasteiger partial charge in [0.25, 0.3) is 0 Å². The van der Waals surface area contributed by atoms with Crippen molar-refractivity contribution >= 4 is 23.3 Å². The Morgan fingerprint density at radius 3 is 2.87 bits per heavy atom. The minimum atomic E-state index is -0.962. The summed E-state index contributed by atoms with van der Waals surface area (Å²) in [4.78, 5) is 21.9. The van der Waals surface area contributed by atoms with Gasteiger partial charge in [0.1, 0.15) is 17.4 Å². The summed E-state index contributed by atoms with van der Waals surface area (Å²) in [5.41, 5.74) is 3.49. The first-order chi connectivity index (χ1) is 14.5. The largest absolute Gasteiger partial charge is 0.493 e. The van der Waals surface area contributed by atoms with Crippen LogP contribution in [0.3, 0.4) is 0 Å². The molecule has 1 aromatic carbocycles. The van der Waals surface area contributed by atoms with Gasteiger partial charge in [0.15, 0.2) is 0 Å². The SMILES string of the molecule is Cc1ccc(N(C)c2ccc3c(c2)OCC[C@H]3CNc2cc(C(=O)O)ccn2)nc1. The van der Waals surface area contributed by atoms with Crippen LogP contribution in [0, 0.1) is 6.92 Å². The van der Waals surface area contributed by atoms with Crippen molar-refractivity contribution < 1.29 is 14.6 Å². The monoisotopic (exact) mass is 404 g/mol. The van der Waals surface area contributed by atoms with Crippen LogP contribution in [0.2, 0.25) is 0 Å². The second-order valence-electron chi connectivity index (χ2n) is 7.42. The molecule has 3 heterocycles. The number of carbonyl (C=O) groups is 1. The molecule has 1 aliphatic heterocycles. The average molecular weight is 404 g/mol. The van der Waals surface area contributed by atoms with Crippen LogP contribution < -0.4 is 15.0 Å². The summed E-state index contributed by atoms with van der Waals surface area (Å²) in [5.74, 6) is 1.60. The third kappa shape index (κ3) is 4.20. The normalized spacial score (nSPS) is 15.1.